The van der Waals surface area contributed by atoms with Gasteiger partial charge in [0.2, 0.25) is 0 Å². The third kappa shape index (κ3) is 5.46. The van der Waals surface area contributed by atoms with E-state index in [1.165, 1.54) is 17.7 Å². The van der Waals surface area contributed by atoms with Crippen LogP contribution in [-0.2, 0) is 23.0 Å². The Kier molecular flexibility index (Phi) is 6.98. The zero-order valence-corrected chi connectivity index (χ0v) is 19.7. The maximum Gasteiger partial charge on any atom is 0.328 e. The van der Waals surface area contributed by atoms with E-state index < -0.39 is 16.1 Å². The molecule has 8 heteroatoms. The number of rotatable bonds is 6. The van der Waals surface area contributed by atoms with Crippen molar-refractivity contribution in [2.45, 2.75) is 37.6 Å². The highest BCUT2D eigenvalue weighted by Crippen LogP contribution is 2.24. The first-order chi connectivity index (χ1) is 16.3. The number of amides is 2. The maximum atomic E-state index is 13.1. The monoisotopic (exact) mass is 477 g/mol. The van der Waals surface area contributed by atoms with Gasteiger partial charge in [-0.15, -0.1) is 0 Å². The molecule has 0 aliphatic carbocycles. The number of aryl methyl sites for hydroxylation is 2. The van der Waals surface area contributed by atoms with Crippen LogP contribution >= 0.6 is 0 Å². The number of ketones is 1. The van der Waals surface area contributed by atoms with Crippen LogP contribution in [0.15, 0.2) is 71.6 Å². The normalized spacial score (nSPS) is 13.2. The van der Waals surface area contributed by atoms with Crippen molar-refractivity contribution in [1.29, 1.82) is 0 Å². The Labute approximate surface area is 199 Å². The molecular formula is C26H27N3O4S. The Hall–Kier alpha value is -3.65. The zero-order valence-electron chi connectivity index (χ0n) is 18.9. The van der Waals surface area contributed by atoms with Crippen molar-refractivity contribution in [2.75, 3.05) is 11.9 Å². The number of anilines is 1. The summed E-state index contributed by atoms with van der Waals surface area (Å²) >= 11 is 0. The molecule has 2 amide bonds. The summed E-state index contributed by atoms with van der Waals surface area (Å²) < 4.78 is 26.5. The van der Waals surface area contributed by atoms with Crippen molar-refractivity contribution in [3.05, 3.63) is 94.5 Å². The fraction of sp³-hybridized carbons (Fsp3) is 0.231. The third-order valence-electron chi connectivity index (χ3n) is 5.89. The van der Waals surface area contributed by atoms with Gasteiger partial charge >= 0.3 is 6.03 Å². The molecule has 4 rings (SSSR count). The molecule has 0 spiro atoms. The Bertz CT molecular complexity index is 1320. The minimum absolute atomic E-state index is 0.0113. The second-order valence-corrected chi connectivity index (χ2v) is 10.0. The minimum Gasteiger partial charge on any atom is -0.385 e. The highest BCUT2D eigenvalue weighted by atomic mass is 32.2. The van der Waals surface area contributed by atoms with Gasteiger partial charge in [0.05, 0.1) is 4.90 Å². The molecule has 3 aromatic rings. The number of hydrogen-bond donors (Lipinski definition) is 3. The van der Waals surface area contributed by atoms with Gasteiger partial charge in [-0.25, -0.2) is 17.9 Å². The second kappa shape index (κ2) is 10.1. The first-order valence-corrected chi connectivity index (χ1v) is 12.7. The van der Waals surface area contributed by atoms with Crippen molar-refractivity contribution < 1.29 is 18.0 Å². The predicted molar refractivity (Wildman–Crippen MR) is 131 cm³/mol. The van der Waals surface area contributed by atoms with Crippen molar-refractivity contribution in [3.63, 3.8) is 0 Å². The van der Waals surface area contributed by atoms with Crippen molar-refractivity contribution >= 4 is 27.5 Å². The summed E-state index contributed by atoms with van der Waals surface area (Å²) in [6.07, 6.45) is 3.26. The molecule has 1 aliphatic rings. The summed E-state index contributed by atoms with van der Waals surface area (Å²) in [4.78, 5) is 25.2. The average Bonchev–Trinajstić information content (AvgIpc) is 3.08. The van der Waals surface area contributed by atoms with Gasteiger partial charge in [-0.05, 0) is 67.1 Å². The summed E-state index contributed by atoms with van der Waals surface area (Å²) in [5, 5.41) is 5.97. The summed E-state index contributed by atoms with van der Waals surface area (Å²) in [6.45, 7) is 2.88. The summed E-state index contributed by atoms with van der Waals surface area (Å²) in [6, 6.07) is 18.0. The van der Waals surface area contributed by atoms with Gasteiger partial charge in [0, 0.05) is 29.9 Å². The fourth-order valence-corrected chi connectivity index (χ4v) is 4.91. The van der Waals surface area contributed by atoms with Gasteiger partial charge in [0.15, 0.2) is 5.78 Å². The highest BCUT2D eigenvalue weighted by molar-refractivity contribution is 7.90. The molecule has 1 heterocycles. The SMILES string of the molecule is Cc1cc(C(=O)c2ccc3c(c2)NCCCC3)ccc1CNC(=O)NS(=O)(=O)c1ccccc1. The standard InChI is InChI=1S/C26H27N3O4S/c1-18-15-20(25(30)21-11-10-19-7-5-6-14-27-24(19)16-21)12-13-22(18)17-28-26(31)29-34(32,33)23-8-3-2-4-9-23/h2-4,8-13,15-16,27H,5-7,14,17H2,1H3,(H2,28,29,31). The summed E-state index contributed by atoms with van der Waals surface area (Å²) in [5.41, 5.74) is 5.06. The van der Waals surface area contributed by atoms with Crippen LogP contribution in [0.3, 0.4) is 0 Å². The second-order valence-electron chi connectivity index (χ2n) is 8.33. The fourth-order valence-electron chi connectivity index (χ4n) is 3.96. The maximum absolute atomic E-state index is 13.1. The largest absolute Gasteiger partial charge is 0.385 e. The molecule has 176 valence electrons. The van der Waals surface area contributed by atoms with Crippen LogP contribution in [0.4, 0.5) is 10.5 Å². The molecule has 7 nitrogen and oxygen atoms in total. The molecule has 0 saturated carbocycles. The molecule has 3 N–H and O–H groups in total. The summed E-state index contributed by atoms with van der Waals surface area (Å²) in [7, 11) is -3.94. The quantitative estimate of drug-likeness (QED) is 0.463. The van der Waals surface area contributed by atoms with Crippen molar-refractivity contribution in [2.24, 2.45) is 0 Å². The number of fused-ring (bicyclic) bond motifs is 1. The van der Waals surface area contributed by atoms with Crippen LogP contribution in [0.1, 0.15) is 45.5 Å². The van der Waals surface area contributed by atoms with E-state index in [0.29, 0.717) is 11.1 Å². The molecule has 0 saturated heterocycles. The van der Waals surface area contributed by atoms with Crippen molar-refractivity contribution in [3.8, 4) is 0 Å². The van der Waals surface area contributed by atoms with Gasteiger partial charge in [-0.1, -0.05) is 42.5 Å². The molecule has 0 bridgehead atoms. The number of benzene rings is 3. The Balaban J connectivity index is 1.41. The molecule has 0 unspecified atom stereocenters. The van der Waals surface area contributed by atoms with E-state index in [-0.39, 0.29) is 17.2 Å². The molecule has 3 aromatic carbocycles. The zero-order chi connectivity index (χ0) is 24.1. The minimum atomic E-state index is -3.94. The van der Waals surface area contributed by atoms with Crippen LogP contribution in [0.5, 0.6) is 0 Å². The van der Waals surface area contributed by atoms with Crippen LogP contribution in [0.25, 0.3) is 0 Å². The van der Waals surface area contributed by atoms with E-state index in [1.54, 1.807) is 36.4 Å². The van der Waals surface area contributed by atoms with Crippen molar-refractivity contribution in [1.82, 2.24) is 10.0 Å². The van der Waals surface area contributed by atoms with Crippen LogP contribution in [-0.4, -0.2) is 26.8 Å². The molecule has 0 radical (unpaired) electrons. The van der Waals surface area contributed by atoms with E-state index in [0.717, 1.165) is 42.6 Å². The molecule has 34 heavy (non-hydrogen) atoms. The molecule has 0 fully saturated rings. The molecular weight excluding hydrogens is 450 g/mol. The number of sulfonamides is 1. The average molecular weight is 478 g/mol. The van der Waals surface area contributed by atoms with Crippen LogP contribution < -0.4 is 15.4 Å². The number of urea groups is 1. The van der Waals surface area contributed by atoms with Gasteiger partial charge in [0.1, 0.15) is 0 Å². The van der Waals surface area contributed by atoms with Crippen LogP contribution in [0, 0.1) is 6.92 Å². The summed E-state index contributed by atoms with van der Waals surface area (Å²) in [5.74, 6) is -0.0665. The van der Waals surface area contributed by atoms with Gasteiger partial charge in [-0.3, -0.25) is 4.79 Å². The van der Waals surface area contributed by atoms with E-state index in [2.05, 4.69) is 10.6 Å². The topological polar surface area (TPSA) is 104 Å². The third-order valence-corrected chi connectivity index (χ3v) is 7.23. The number of nitrogens with one attached hydrogen (secondary N) is 3. The molecule has 1 aliphatic heterocycles. The molecule has 0 atom stereocenters. The van der Waals surface area contributed by atoms with Crippen LogP contribution in [0.2, 0.25) is 0 Å². The van der Waals surface area contributed by atoms with E-state index in [9.17, 15) is 18.0 Å². The lowest BCUT2D eigenvalue weighted by molar-refractivity contribution is 0.103. The first-order valence-electron chi connectivity index (χ1n) is 11.2. The number of carbonyl (C=O) groups excluding carboxylic acids is 2. The predicted octanol–water partition coefficient (Wildman–Crippen LogP) is 4.16. The Morgan fingerprint density at radius 1 is 0.941 bits per heavy atom. The number of carbonyl (C=O) groups is 2. The Morgan fingerprint density at radius 3 is 2.44 bits per heavy atom. The van der Waals surface area contributed by atoms with E-state index in [4.69, 9.17) is 0 Å². The first kappa shape index (κ1) is 23.5. The smallest absolute Gasteiger partial charge is 0.328 e. The lowest BCUT2D eigenvalue weighted by Gasteiger charge is -2.12. The Morgan fingerprint density at radius 2 is 1.68 bits per heavy atom. The van der Waals surface area contributed by atoms with E-state index >= 15 is 0 Å². The highest BCUT2D eigenvalue weighted by Gasteiger charge is 2.18. The lowest BCUT2D eigenvalue weighted by atomic mass is 9.97. The van der Waals surface area contributed by atoms with Gasteiger partial charge < -0.3 is 10.6 Å². The molecule has 0 aromatic heterocycles. The number of hydrogen-bond acceptors (Lipinski definition) is 5. The van der Waals surface area contributed by atoms with Gasteiger partial charge in [0.25, 0.3) is 10.0 Å². The van der Waals surface area contributed by atoms with E-state index in [1.807, 2.05) is 29.8 Å². The van der Waals surface area contributed by atoms with Gasteiger partial charge in [-0.2, -0.15) is 0 Å². The lowest BCUT2D eigenvalue weighted by Crippen LogP contribution is -2.39.